The van der Waals surface area contributed by atoms with Gasteiger partial charge < -0.3 is 10.6 Å². The van der Waals surface area contributed by atoms with Gasteiger partial charge in [-0.05, 0) is 28.8 Å². The first-order chi connectivity index (χ1) is 6.70. The molecule has 1 aromatic heterocycles. The van der Waals surface area contributed by atoms with E-state index in [4.69, 9.17) is 10.6 Å². The summed E-state index contributed by atoms with van der Waals surface area (Å²) in [5.74, 6) is 0. The fraction of sp³-hybridized carbons (Fsp3) is 0.600. The van der Waals surface area contributed by atoms with E-state index in [1.165, 1.54) is 5.56 Å². The molecule has 0 aliphatic carbocycles. The number of hydrogen-bond acceptors (Lipinski definition) is 4. The summed E-state index contributed by atoms with van der Waals surface area (Å²) < 4.78 is 0. The molecule has 2 unspecified atom stereocenters. The minimum Gasteiger partial charge on any atom is -0.326 e. The second kappa shape index (κ2) is 5.46. The van der Waals surface area contributed by atoms with Gasteiger partial charge in [-0.3, -0.25) is 0 Å². The molecule has 0 amide bonds. The maximum Gasteiger partial charge on any atom is 0.0757 e. The van der Waals surface area contributed by atoms with Gasteiger partial charge in [-0.15, -0.1) is 0 Å². The van der Waals surface area contributed by atoms with Crippen LogP contribution in [-0.2, 0) is 4.84 Å². The van der Waals surface area contributed by atoms with Crippen LogP contribution in [0.15, 0.2) is 16.8 Å². The first-order valence-corrected chi connectivity index (χ1v) is 5.69. The van der Waals surface area contributed by atoms with Crippen LogP contribution in [0.5, 0.6) is 0 Å². The monoisotopic (exact) mass is 214 g/mol. The number of hydrogen-bond donors (Lipinski definition) is 1. The number of likely N-dealkylation sites (N-methyl/N-ethyl adjacent to an activating group) is 1. The lowest BCUT2D eigenvalue weighted by Gasteiger charge is -2.29. The van der Waals surface area contributed by atoms with Crippen molar-refractivity contribution >= 4 is 11.3 Å². The second-order valence-electron chi connectivity index (χ2n) is 3.30. The van der Waals surface area contributed by atoms with Crippen molar-refractivity contribution in [3.8, 4) is 0 Å². The summed E-state index contributed by atoms with van der Waals surface area (Å²) in [4.78, 5) is 5.22. The third kappa shape index (κ3) is 2.54. The van der Waals surface area contributed by atoms with Gasteiger partial charge in [-0.25, -0.2) is 0 Å². The van der Waals surface area contributed by atoms with Crippen molar-refractivity contribution in [2.45, 2.75) is 25.4 Å². The molecule has 0 radical (unpaired) electrons. The van der Waals surface area contributed by atoms with E-state index < -0.39 is 0 Å². The van der Waals surface area contributed by atoms with Gasteiger partial charge in [0.25, 0.3) is 0 Å². The highest BCUT2D eigenvalue weighted by molar-refractivity contribution is 7.07. The molecule has 0 aromatic carbocycles. The van der Waals surface area contributed by atoms with Crippen molar-refractivity contribution in [3.05, 3.63) is 22.4 Å². The second-order valence-corrected chi connectivity index (χ2v) is 4.08. The standard InChI is InChI=1S/C10H18N2OS/c1-4-9(11)10(12(2)13-3)8-5-6-14-7-8/h5-7,9-10H,4,11H2,1-3H3. The molecular formula is C10H18N2OS. The first kappa shape index (κ1) is 11.7. The smallest absolute Gasteiger partial charge is 0.0757 e. The number of hydroxylamine groups is 2. The van der Waals surface area contributed by atoms with E-state index in [9.17, 15) is 0 Å². The zero-order valence-electron chi connectivity index (χ0n) is 8.93. The molecule has 1 heterocycles. The maximum absolute atomic E-state index is 6.07. The van der Waals surface area contributed by atoms with E-state index in [1.54, 1.807) is 18.4 Å². The third-order valence-electron chi connectivity index (χ3n) is 2.44. The van der Waals surface area contributed by atoms with Crippen molar-refractivity contribution in [2.75, 3.05) is 14.2 Å². The predicted molar refractivity (Wildman–Crippen MR) is 60.1 cm³/mol. The van der Waals surface area contributed by atoms with Crippen molar-refractivity contribution in [2.24, 2.45) is 5.73 Å². The molecule has 14 heavy (non-hydrogen) atoms. The molecule has 3 nitrogen and oxygen atoms in total. The van der Waals surface area contributed by atoms with E-state index in [1.807, 2.05) is 12.1 Å². The summed E-state index contributed by atoms with van der Waals surface area (Å²) in [6.45, 7) is 2.09. The summed E-state index contributed by atoms with van der Waals surface area (Å²) in [5, 5.41) is 6.00. The minimum absolute atomic E-state index is 0.106. The SMILES string of the molecule is CCC(N)C(c1ccsc1)N(C)OC. The van der Waals surface area contributed by atoms with Gasteiger partial charge >= 0.3 is 0 Å². The largest absolute Gasteiger partial charge is 0.326 e. The van der Waals surface area contributed by atoms with Gasteiger partial charge in [0.2, 0.25) is 0 Å². The summed E-state index contributed by atoms with van der Waals surface area (Å²) in [7, 11) is 3.58. The van der Waals surface area contributed by atoms with Crippen molar-refractivity contribution in [1.29, 1.82) is 0 Å². The number of thiophene rings is 1. The van der Waals surface area contributed by atoms with Gasteiger partial charge in [0.15, 0.2) is 0 Å². The Labute approximate surface area is 89.4 Å². The number of nitrogens with two attached hydrogens (primary N) is 1. The lowest BCUT2D eigenvalue weighted by atomic mass is 10.0. The Morgan fingerprint density at radius 2 is 2.36 bits per heavy atom. The van der Waals surface area contributed by atoms with E-state index in [2.05, 4.69) is 23.8 Å². The molecule has 0 aliphatic heterocycles. The van der Waals surface area contributed by atoms with Gasteiger partial charge in [0.1, 0.15) is 0 Å². The molecule has 0 aliphatic rings. The van der Waals surface area contributed by atoms with E-state index >= 15 is 0 Å². The third-order valence-corrected chi connectivity index (χ3v) is 3.14. The van der Waals surface area contributed by atoms with Crippen LogP contribution in [0, 0.1) is 0 Å². The average molecular weight is 214 g/mol. The Bertz CT molecular complexity index is 241. The lowest BCUT2D eigenvalue weighted by molar-refractivity contribution is -0.148. The zero-order valence-corrected chi connectivity index (χ0v) is 9.75. The molecule has 0 saturated carbocycles. The van der Waals surface area contributed by atoms with Gasteiger partial charge in [0, 0.05) is 13.1 Å². The molecule has 2 atom stereocenters. The number of rotatable bonds is 5. The normalized spacial score (nSPS) is 15.8. The van der Waals surface area contributed by atoms with Crippen LogP contribution >= 0.6 is 11.3 Å². The fourth-order valence-corrected chi connectivity index (χ4v) is 2.20. The fourth-order valence-electron chi connectivity index (χ4n) is 1.51. The number of nitrogens with zero attached hydrogens (tertiary/aromatic N) is 1. The van der Waals surface area contributed by atoms with Crippen LogP contribution < -0.4 is 5.73 Å². The van der Waals surface area contributed by atoms with Crippen LogP contribution in [0.25, 0.3) is 0 Å². The molecule has 80 valence electrons. The van der Waals surface area contributed by atoms with Crippen molar-refractivity contribution < 1.29 is 4.84 Å². The predicted octanol–water partition coefficient (Wildman–Crippen LogP) is 2.02. The Balaban J connectivity index is 2.82. The van der Waals surface area contributed by atoms with Crippen LogP contribution in [0.4, 0.5) is 0 Å². The molecule has 1 aromatic rings. The van der Waals surface area contributed by atoms with Crippen LogP contribution in [0.1, 0.15) is 24.9 Å². The zero-order chi connectivity index (χ0) is 10.6. The van der Waals surface area contributed by atoms with Gasteiger partial charge in [-0.1, -0.05) is 6.92 Å². The van der Waals surface area contributed by atoms with Crippen molar-refractivity contribution in [1.82, 2.24) is 5.06 Å². The molecule has 1 rings (SSSR count). The average Bonchev–Trinajstić information content (AvgIpc) is 2.70. The quantitative estimate of drug-likeness (QED) is 0.762. The highest BCUT2D eigenvalue weighted by Crippen LogP contribution is 2.25. The molecule has 2 N–H and O–H groups in total. The molecular weight excluding hydrogens is 196 g/mol. The van der Waals surface area contributed by atoms with Crippen LogP contribution in [0.3, 0.4) is 0 Å². The Morgan fingerprint density at radius 3 is 2.79 bits per heavy atom. The maximum atomic E-state index is 6.07. The van der Waals surface area contributed by atoms with E-state index in [-0.39, 0.29) is 12.1 Å². The van der Waals surface area contributed by atoms with E-state index in [0.29, 0.717) is 0 Å². The Hall–Kier alpha value is -0.420. The molecule has 0 spiro atoms. The minimum atomic E-state index is 0.106. The summed E-state index contributed by atoms with van der Waals surface area (Å²) in [5.41, 5.74) is 7.30. The highest BCUT2D eigenvalue weighted by Gasteiger charge is 2.23. The van der Waals surface area contributed by atoms with E-state index in [0.717, 1.165) is 6.42 Å². The van der Waals surface area contributed by atoms with Crippen LogP contribution in [-0.4, -0.2) is 25.3 Å². The molecule has 0 saturated heterocycles. The Kier molecular flexibility index (Phi) is 4.54. The first-order valence-electron chi connectivity index (χ1n) is 4.75. The van der Waals surface area contributed by atoms with Gasteiger partial charge in [0.05, 0.1) is 13.2 Å². The summed E-state index contributed by atoms with van der Waals surface area (Å²) in [6, 6.07) is 2.35. The molecule has 0 fully saturated rings. The van der Waals surface area contributed by atoms with Crippen molar-refractivity contribution in [3.63, 3.8) is 0 Å². The Morgan fingerprint density at radius 1 is 1.64 bits per heavy atom. The van der Waals surface area contributed by atoms with Gasteiger partial charge in [-0.2, -0.15) is 16.4 Å². The topological polar surface area (TPSA) is 38.5 Å². The molecule has 0 bridgehead atoms. The summed E-state index contributed by atoms with van der Waals surface area (Å²) >= 11 is 1.69. The highest BCUT2D eigenvalue weighted by atomic mass is 32.1. The lowest BCUT2D eigenvalue weighted by Crippen LogP contribution is -2.38. The summed E-state index contributed by atoms with van der Waals surface area (Å²) in [6.07, 6.45) is 0.939. The van der Waals surface area contributed by atoms with Crippen LogP contribution in [0.2, 0.25) is 0 Å². The molecule has 4 heteroatoms.